The molecule has 0 aromatic carbocycles. The van der Waals surface area contributed by atoms with Crippen molar-refractivity contribution in [3.63, 3.8) is 0 Å². The summed E-state index contributed by atoms with van der Waals surface area (Å²) in [6.45, 7) is 1.95. The number of aromatic nitrogens is 3. The van der Waals surface area contributed by atoms with E-state index >= 15 is 0 Å². The molecule has 3 heterocycles. The Morgan fingerprint density at radius 1 is 1.33 bits per heavy atom. The molecule has 1 saturated heterocycles. The SMILES string of the molecule is O=c1[nH]cccc1-c1nc(C2CCNCC2)no1. The molecule has 2 N–H and O–H groups in total. The molecule has 1 aliphatic heterocycles. The second kappa shape index (κ2) is 4.73. The predicted molar refractivity (Wildman–Crippen MR) is 65.2 cm³/mol. The van der Waals surface area contributed by atoms with Crippen molar-refractivity contribution in [3.05, 3.63) is 34.5 Å². The largest absolute Gasteiger partial charge is 0.334 e. The van der Waals surface area contributed by atoms with Crippen molar-refractivity contribution in [3.8, 4) is 11.5 Å². The summed E-state index contributed by atoms with van der Waals surface area (Å²) < 4.78 is 5.18. The van der Waals surface area contributed by atoms with Crippen molar-refractivity contribution in [1.82, 2.24) is 20.4 Å². The Bertz CT molecular complexity index is 584. The topological polar surface area (TPSA) is 83.8 Å². The first-order valence-corrected chi connectivity index (χ1v) is 6.07. The third-order valence-electron chi connectivity index (χ3n) is 3.19. The summed E-state index contributed by atoms with van der Waals surface area (Å²) in [5.74, 6) is 1.33. The fourth-order valence-corrected chi connectivity index (χ4v) is 2.18. The third-order valence-corrected chi connectivity index (χ3v) is 3.19. The zero-order valence-electron chi connectivity index (χ0n) is 9.85. The Balaban J connectivity index is 1.89. The molecule has 0 unspecified atom stereocenters. The summed E-state index contributed by atoms with van der Waals surface area (Å²) in [5, 5.41) is 7.28. The normalized spacial score (nSPS) is 16.9. The van der Waals surface area contributed by atoms with Gasteiger partial charge >= 0.3 is 0 Å². The number of aromatic amines is 1. The number of H-pyrrole nitrogens is 1. The Labute approximate surface area is 103 Å². The predicted octanol–water partition coefficient (Wildman–Crippen LogP) is 0.892. The molecule has 0 aliphatic carbocycles. The van der Waals surface area contributed by atoms with Crippen molar-refractivity contribution in [2.24, 2.45) is 0 Å². The van der Waals surface area contributed by atoms with E-state index in [1.54, 1.807) is 18.3 Å². The molecule has 18 heavy (non-hydrogen) atoms. The number of nitrogens with zero attached hydrogens (tertiary/aromatic N) is 2. The summed E-state index contributed by atoms with van der Waals surface area (Å²) in [7, 11) is 0. The van der Waals surface area contributed by atoms with Crippen LogP contribution < -0.4 is 10.9 Å². The van der Waals surface area contributed by atoms with E-state index in [4.69, 9.17) is 4.52 Å². The first kappa shape index (κ1) is 11.2. The van der Waals surface area contributed by atoms with Gasteiger partial charge in [0.1, 0.15) is 5.56 Å². The second-order valence-electron chi connectivity index (χ2n) is 4.39. The standard InChI is InChI=1S/C12H14N4O2/c17-11-9(2-1-5-14-11)12-15-10(16-18-12)8-3-6-13-7-4-8/h1-2,5,8,13H,3-4,6-7H2,(H,14,17). The van der Waals surface area contributed by atoms with E-state index in [1.807, 2.05) is 0 Å². The van der Waals surface area contributed by atoms with Crippen molar-refractivity contribution < 1.29 is 4.52 Å². The Morgan fingerprint density at radius 2 is 2.17 bits per heavy atom. The number of hydrogen-bond donors (Lipinski definition) is 2. The van der Waals surface area contributed by atoms with Crippen LogP contribution in [-0.2, 0) is 0 Å². The molecule has 0 radical (unpaired) electrons. The molecule has 2 aromatic rings. The monoisotopic (exact) mass is 246 g/mol. The average Bonchev–Trinajstić information content (AvgIpc) is 2.90. The van der Waals surface area contributed by atoms with E-state index in [-0.39, 0.29) is 5.56 Å². The van der Waals surface area contributed by atoms with Crippen LogP contribution in [0.3, 0.4) is 0 Å². The maximum absolute atomic E-state index is 11.6. The Hall–Kier alpha value is -1.95. The highest BCUT2D eigenvalue weighted by Gasteiger charge is 2.21. The van der Waals surface area contributed by atoms with Gasteiger partial charge in [0.05, 0.1) is 0 Å². The van der Waals surface area contributed by atoms with Crippen LogP contribution in [0.15, 0.2) is 27.6 Å². The van der Waals surface area contributed by atoms with Gasteiger partial charge in [0.15, 0.2) is 5.82 Å². The Morgan fingerprint density at radius 3 is 2.94 bits per heavy atom. The third kappa shape index (κ3) is 2.06. The molecule has 94 valence electrons. The highest BCUT2D eigenvalue weighted by atomic mass is 16.5. The van der Waals surface area contributed by atoms with Gasteiger partial charge in [0, 0.05) is 12.1 Å². The van der Waals surface area contributed by atoms with Crippen molar-refractivity contribution in [2.45, 2.75) is 18.8 Å². The van der Waals surface area contributed by atoms with Gasteiger partial charge in [-0.1, -0.05) is 5.16 Å². The minimum Gasteiger partial charge on any atom is -0.334 e. The second-order valence-corrected chi connectivity index (χ2v) is 4.39. The van der Waals surface area contributed by atoms with E-state index in [9.17, 15) is 4.79 Å². The van der Waals surface area contributed by atoms with Crippen LogP contribution in [0.4, 0.5) is 0 Å². The van der Waals surface area contributed by atoms with E-state index in [1.165, 1.54) is 0 Å². The molecule has 0 amide bonds. The van der Waals surface area contributed by atoms with Crippen LogP contribution in [0.1, 0.15) is 24.6 Å². The first-order chi connectivity index (χ1) is 8.84. The van der Waals surface area contributed by atoms with Gasteiger partial charge in [0.25, 0.3) is 11.4 Å². The minimum atomic E-state index is -0.210. The highest BCUT2D eigenvalue weighted by Crippen LogP contribution is 2.24. The molecule has 3 rings (SSSR count). The molecular weight excluding hydrogens is 232 g/mol. The molecule has 0 atom stereocenters. The molecule has 1 aliphatic rings. The maximum Gasteiger partial charge on any atom is 0.263 e. The maximum atomic E-state index is 11.6. The summed E-state index contributed by atoms with van der Waals surface area (Å²) in [6.07, 6.45) is 3.59. The van der Waals surface area contributed by atoms with Crippen molar-refractivity contribution in [2.75, 3.05) is 13.1 Å². The fourth-order valence-electron chi connectivity index (χ4n) is 2.18. The lowest BCUT2D eigenvalue weighted by atomic mass is 9.98. The molecular formula is C12H14N4O2. The van der Waals surface area contributed by atoms with Crippen molar-refractivity contribution in [1.29, 1.82) is 0 Å². The van der Waals surface area contributed by atoms with E-state index in [2.05, 4.69) is 20.4 Å². The summed E-state index contributed by atoms with van der Waals surface area (Å²) >= 11 is 0. The van der Waals surface area contributed by atoms with Crippen LogP contribution in [0.5, 0.6) is 0 Å². The van der Waals surface area contributed by atoms with E-state index < -0.39 is 0 Å². The zero-order valence-corrected chi connectivity index (χ0v) is 9.85. The lowest BCUT2D eigenvalue weighted by Crippen LogP contribution is -2.27. The molecule has 0 spiro atoms. The van der Waals surface area contributed by atoms with Crippen LogP contribution in [0.2, 0.25) is 0 Å². The lowest BCUT2D eigenvalue weighted by Gasteiger charge is -2.18. The molecule has 0 bridgehead atoms. The first-order valence-electron chi connectivity index (χ1n) is 6.07. The van der Waals surface area contributed by atoms with Gasteiger partial charge in [0.2, 0.25) is 0 Å². The van der Waals surface area contributed by atoms with Crippen molar-refractivity contribution >= 4 is 0 Å². The fraction of sp³-hybridized carbons (Fsp3) is 0.417. The quantitative estimate of drug-likeness (QED) is 0.822. The molecule has 0 saturated carbocycles. The number of piperidine rings is 1. The van der Waals surface area contributed by atoms with E-state index in [0.29, 0.717) is 23.2 Å². The number of pyridine rings is 1. The zero-order chi connectivity index (χ0) is 12.4. The number of hydrogen-bond acceptors (Lipinski definition) is 5. The van der Waals surface area contributed by atoms with Gasteiger partial charge < -0.3 is 14.8 Å². The summed E-state index contributed by atoms with van der Waals surface area (Å²) in [5.41, 5.74) is 0.211. The number of rotatable bonds is 2. The van der Waals surface area contributed by atoms with Gasteiger partial charge in [-0.05, 0) is 38.1 Å². The van der Waals surface area contributed by atoms with Gasteiger partial charge in [-0.25, -0.2) is 0 Å². The van der Waals surface area contributed by atoms with E-state index in [0.717, 1.165) is 25.9 Å². The van der Waals surface area contributed by atoms with Gasteiger partial charge in [-0.2, -0.15) is 4.98 Å². The summed E-state index contributed by atoms with van der Waals surface area (Å²) in [6, 6.07) is 3.42. The molecule has 6 nitrogen and oxygen atoms in total. The van der Waals surface area contributed by atoms with Crippen LogP contribution in [-0.4, -0.2) is 28.2 Å². The molecule has 1 fully saturated rings. The minimum absolute atomic E-state index is 0.210. The molecule has 2 aromatic heterocycles. The average molecular weight is 246 g/mol. The van der Waals surface area contributed by atoms with Crippen LogP contribution in [0, 0.1) is 0 Å². The Kier molecular flexibility index (Phi) is 2.93. The van der Waals surface area contributed by atoms with Gasteiger partial charge in [-0.3, -0.25) is 4.79 Å². The lowest BCUT2D eigenvalue weighted by molar-refractivity contribution is 0.392. The van der Waals surface area contributed by atoms with Crippen LogP contribution in [0.25, 0.3) is 11.5 Å². The van der Waals surface area contributed by atoms with Gasteiger partial charge in [-0.15, -0.1) is 0 Å². The number of nitrogens with one attached hydrogen (secondary N) is 2. The molecule has 6 heteroatoms. The van der Waals surface area contributed by atoms with Crippen LogP contribution >= 0.6 is 0 Å². The smallest absolute Gasteiger partial charge is 0.263 e. The summed E-state index contributed by atoms with van der Waals surface area (Å²) in [4.78, 5) is 18.5. The highest BCUT2D eigenvalue weighted by molar-refractivity contribution is 5.50.